The van der Waals surface area contributed by atoms with Gasteiger partial charge in [0.15, 0.2) is 5.84 Å². The summed E-state index contributed by atoms with van der Waals surface area (Å²) in [6, 6.07) is 29.7. The van der Waals surface area contributed by atoms with Gasteiger partial charge in [0.05, 0.1) is 14.7 Å². The maximum atomic E-state index is 14.6. The van der Waals surface area contributed by atoms with Gasteiger partial charge in [0.25, 0.3) is 10.0 Å². The van der Waals surface area contributed by atoms with Crippen LogP contribution in [0.2, 0.25) is 0 Å². The fraction of sp³-hybridized carbons (Fsp3) is 0.107. The first-order valence-electron chi connectivity index (χ1n) is 11.0. The van der Waals surface area contributed by atoms with Gasteiger partial charge < -0.3 is 0 Å². The van der Waals surface area contributed by atoms with Crippen LogP contribution in [-0.2, 0) is 19.8 Å². The molecule has 0 aliphatic heterocycles. The topological polar surface area (TPSA) is 75.9 Å². The molecule has 0 spiro atoms. The van der Waals surface area contributed by atoms with Crippen LogP contribution in [0.4, 0.5) is 0 Å². The van der Waals surface area contributed by atoms with Crippen LogP contribution < -0.4 is 0 Å². The van der Waals surface area contributed by atoms with Crippen molar-refractivity contribution in [3.05, 3.63) is 125 Å². The fourth-order valence-electron chi connectivity index (χ4n) is 3.39. The maximum absolute atomic E-state index is 14.6. The molecular weight excluding hydrogens is 476 g/mol. The monoisotopic (exact) mass is 502 g/mol. The summed E-state index contributed by atoms with van der Waals surface area (Å²) in [6.45, 7) is 5.77. The predicted octanol–water partition coefficient (Wildman–Crippen LogP) is 6.33. The lowest BCUT2D eigenvalue weighted by molar-refractivity contribution is 0.598. The number of amidine groups is 1. The van der Waals surface area contributed by atoms with Crippen molar-refractivity contribution in [1.82, 2.24) is 0 Å². The summed E-state index contributed by atoms with van der Waals surface area (Å²) in [6.07, 6.45) is 0. The molecule has 4 aromatic carbocycles. The first kappa shape index (κ1) is 24.6. The molecule has 0 atom stereocenters. The third kappa shape index (κ3) is 5.58. The molecule has 7 heteroatoms. The van der Waals surface area contributed by atoms with Crippen molar-refractivity contribution in [1.29, 1.82) is 0 Å². The smallest absolute Gasteiger partial charge is 0.239 e. The van der Waals surface area contributed by atoms with Crippen molar-refractivity contribution < 1.29 is 12.6 Å². The number of benzene rings is 4. The molecule has 4 aromatic rings. The highest BCUT2D eigenvalue weighted by Gasteiger charge is 2.21. The Hall–Kier alpha value is -3.55. The molecule has 0 N–H and O–H groups in total. The van der Waals surface area contributed by atoms with Gasteiger partial charge in [-0.05, 0) is 57.2 Å². The van der Waals surface area contributed by atoms with Gasteiger partial charge in [0.1, 0.15) is 9.73 Å². The van der Waals surface area contributed by atoms with Crippen LogP contribution in [0.5, 0.6) is 0 Å². The van der Waals surface area contributed by atoms with Gasteiger partial charge in [0, 0.05) is 5.56 Å². The minimum absolute atomic E-state index is 0.0453. The Labute approximate surface area is 207 Å². The summed E-state index contributed by atoms with van der Waals surface area (Å²) >= 11 is 0. The summed E-state index contributed by atoms with van der Waals surface area (Å²) in [5.41, 5.74) is 3.41. The Morgan fingerprint density at radius 2 is 0.943 bits per heavy atom. The number of nitrogens with zero attached hydrogens (tertiary/aromatic N) is 2. The summed E-state index contributed by atoms with van der Waals surface area (Å²) in [4.78, 5) is 0.996. The lowest BCUT2D eigenvalue weighted by Gasteiger charge is -2.13. The maximum Gasteiger partial charge on any atom is 0.284 e. The van der Waals surface area contributed by atoms with Gasteiger partial charge in [-0.1, -0.05) is 83.4 Å². The van der Waals surface area contributed by atoms with Crippen molar-refractivity contribution in [2.24, 2.45) is 8.76 Å². The quantitative estimate of drug-likeness (QED) is 0.236. The minimum atomic E-state index is -4.11. The second kappa shape index (κ2) is 9.98. The average Bonchev–Trinajstić information content (AvgIpc) is 2.85. The fourth-order valence-corrected chi connectivity index (χ4v) is 6.29. The second-order valence-corrected chi connectivity index (χ2v) is 12.1. The Kier molecular flexibility index (Phi) is 7.00. The van der Waals surface area contributed by atoms with Gasteiger partial charge in [-0.25, -0.2) is 4.21 Å². The molecule has 0 heterocycles. The molecule has 0 radical (unpaired) electrons. The normalized spacial score (nSPS) is 12.4. The predicted molar refractivity (Wildman–Crippen MR) is 141 cm³/mol. The van der Waals surface area contributed by atoms with Crippen LogP contribution in [0.15, 0.2) is 127 Å². The molecule has 0 aromatic heterocycles. The highest BCUT2D eigenvalue weighted by atomic mass is 32.2. The van der Waals surface area contributed by atoms with Gasteiger partial charge >= 0.3 is 0 Å². The summed E-state index contributed by atoms with van der Waals surface area (Å²) < 4.78 is 49.8. The van der Waals surface area contributed by atoms with E-state index in [1.807, 2.05) is 51.1 Å². The number of hydrogen-bond acceptors (Lipinski definition) is 3. The van der Waals surface area contributed by atoms with Gasteiger partial charge in [0.2, 0.25) is 0 Å². The summed E-state index contributed by atoms with van der Waals surface area (Å²) in [5, 5.41) is 0. The van der Waals surface area contributed by atoms with E-state index in [2.05, 4.69) is 8.76 Å². The third-order valence-corrected chi connectivity index (χ3v) is 8.99. The van der Waals surface area contributed by atoms with E-state index in [1.54, 1.807) is 60.7 Å². The molecule has 0 unspecified atom stereocenters. The van der Waals surface area contributed by atoms with Crippen LogP contribution in [0.25, 0.3) is 0 Å². The molecule has 0 aliphatic carbocycles. The largest absolute Gasteiger partial charge is 0.284 e. The van der Waals surface area contributed by atoms with Crippen LogP contribution in [0, 0.1) is 20.8 Å². The molecule has 178 valence electrons. The van der Waals surface area contributed by atoms with Gasteiger partial charge in [-0.15, -0.1) is 4.40 Å². The van der Waals surface area contributed by atoms with Gasteiger partial charge in [-0.3, -0.25) is 0 Å². The van der Waals surface area contributed by atoms with Crippen LogP contribution in [-0.4, -0.2) is 18.5 Å². The van der Waals surface area contributed by atoms with E-state index in [9.17, 15) is 12.6 Å². The van der Waals surface area contributed by atoms with Crippen molar-refractivity contribution in [3.63, 3.8) is 0 Å². The molecule has 0 bridgehead atoms. The number of hydrogen-bond donors (Lipinski definition) is 0. The molecule has 35 heavy (non-hydrogen) atoms. The van der Waals surface area contributed by atoms with E-state index in [-0.39, 0.29) is 10.7 Å². The number of rotatable bonds is 5. The Balaban J connectivity index is 2.01. The first-order valence-corrected chi connectivity index (χ1v) is 14.0. The van der Waals surface area contributed by atoms with E-state index >= 15 is 0 Å². The van der Waals surface area contributed by atoms with E-state index in [4.69, 9.17) is 0 Å². The van der Waals surface area contributed by atoms with E-state index in [0.29, 0.717) is 15.4 Å². The summed E-state index contributed by atoms with van der Waals surface area (Å²) in [5.74, 6) is -0.114. The SMILES string of the molecule is Cc1ccc(S(=O)(=O)N=C(N=S(=O)(c2ccc(C)cc2)c2ccc(C)cc2)c2ccccc2)cc1. The van der Waals surface area contributed by atoms with E-state index in [1.165, 1.54) is 12.1 Å². The lowest BCUT2D eigenvalue weighted by Crippen LogP contribution is -2.10. The molecular formula is C28H26N2O3S2. The van der Waals surface area contributed by atoms with Crippen molar-refractivity contribution in [3.8, 4) is 0 Å². The number of aryl methyl sites for hydroxylation is 3. The Morgan fingerprint density at radius 3 is 1.37 bits per heavy atom. The summed E-state index contributed by atoms with van der Waals surface area (Å²) in [7, 11) is -7.36. The Morgan fingerprint density at radius 1 is 0.543 bits per heavy atom. The molecule has 0 aliphatic rings. The zero-order chi connectivity index (χ0) is 25.1. The highest BCUT2D eigenvalue weighted by molar-refractivity contribution is 7.94. The molecule has 5 nitrogen and oxygen atoms in total. The first-order chi connectivity index (χ1) is 16.7. The average molecular weight is 503 g/mol. The third-order valence-electron chi connectivity index (χ3n) is 5.45. The van der Waals surface area contributed by atoms with Crippen molar-refractivity contribution in [2.75, 3.05) is 0 Å². The zero-order valence-electron chi connectivity index (χ0n) is 19.8. The molecule has 0 amide bonds. The highest BCUT2D eigenvalue weighted by Crippen LogP contribution is 2.26. The second-order valence-electron chi connectivity index (χ2n) is 8.31. The Bertz CT molecular complexity index is 1530. The van der Waals surface area contributed by atoms with Crippen molar-refractivity contribution in [2.45, 2.75) is 35.5 Å². The molecule has 0 saturated carbocycles. The van der Waals surface area contributed by atoms with Crippen molar-refractivity contribution >= 4 is 25.6 Å². The molecule has 0 saturated heterocycles. The molecule has 0 fully saturated rings. The van der Waals surface area contributed by atoms with Crippen LogP contribution in [0.1, 0.15) is 22.3 Å². The zero-order valence-corrected chi connectivity index (χ0v) is 21.4. The van der Waals surface area contributed by atoms with Crippen LogP contribution in [0.3, 0.4) is 0 Å². The standard InChI is InChI=1S/C28H26N2O3S2/c1-21-9-15-25(16-10-21)34(31,26-17-11-22(2)12-18-26)29-28(24-7-5-4-6-8-24)30-35(32,33)27-19-13-23(3)14-20-27/h4-20H,1-3H3. The van der Waals surface area contributed by atoms with E-state index in [0.717, 1.165) is 16.7 Å². The molecule has 4 rings (SSSR count). The minimum Gasteiger partial charge on any atom is -0.239 e. The van der Waals surface area contributed by atoms with Crippen LogP contribution >= 0.6 is 0 Å². The lowest BCUT2D eigenvalue weighted by atomic mass is 10.2. The number of sulfonamides is 1. The van der Waals surface area contributed by atoms with Gasteiger partial charge in [-0.2, -0.15) is 12.8 Å². The van der Waals surface area contributed by atoms with E-state index < -0.39 is 19.8 Å².